The lowest BCUT2D eigenvalue weighted by Gasteiger charge is -2.23. The van der Waals surface area contributed by atoms with Crippen molar-refractivity contribution in [3.63, 3.8) is 0 Å². The summed E-state index contributed by atoms with van der Waals surface area (Å²) < 4.78 is 36.1. The Balaban J connectivity index is 2.45. The van der Waals surface area contributed by atoms with E-state index in [1.807, 2.05) is 0 Å². The first-order valence-electron chi connectivity index (χ1n) is 6.78. The molecule has 5 nitrogen and oxygen atoms in total. The number of benzene rings is 2. The maximum absolute atomic E-state index is 12.2. The number of halogens is 1. The van der Waals surface area contributed by atoms with Crippen molar-refractivity contribution >= 4 is 27.3 Å². The van der Waals surface area contributed by atoms with E-state index in [1.54, 1.807) is 42.5 Å². The Morgan fingerprint density at radius 1 is 1.00 bits per heavy atom. The zero-order valence-corrected chi connectivity index (χ0v) is 14.7. The van der Waals surface area contributed by atoms with Crippen molar-refractivity contribution < 1.29 is 17.9 Å². The first kappa shape index (κ1) is 17.4. The molecule has 124 valence electrons. The third-order valence-electron chi connectivity index (χ3n) is 3.26. The van der Waals surface area contributed by atoms with E-state index in [0.29, 0.717) is 22.2 Å². The van der Waals surface area contributed by atoms with Gasteiger partial charge in [-0.25, -0.2) is 8.42 Å². The average Bonchev–Trinajstić information content (AvgIpc) is 2.52. The summed E-state index contributed by atoms with van der Waals surface area (Å²) in [5.74, 6) is 1.04. The third-order valence-corrected chi connectivity index (χ3v) is 4.66. The van der Waals surface area contributed by atoms with Gasteiger partial charge in [0.1, 0.15) is 11.5 Å². The number of methoxy groups -OCH3 is 2. The molecule has 0 aliphatic rings. The lowest BCUT2D eigenvalue weighted by molar-refractivity contribution is 0.394. The van der Waals surface area contributed by atoms with Gasteiger partial charge in [0.05, 0.1) is 32.7 Å². The van der Waals surface area contributed by atoms with Crippen LogP contribution in [0.5, 0.6) is 11.5 Å². The summed E-state index contributed by atoms with van der Waals surface area (Å²) in [6.07, 6.45) is 1.16. The topological polar surface area (TPSA) is 55.8 Å². The molecule has 23 heavy (non-hydrogen) atoms. The molecule has 7 heteroatoms. The molecule has 0 aliphatic carbocycles. The number of ether oxygens (including phenoxy) is 2. The molecule has 0 heterocycles. The van der Waals surface area contributed by atoms with E-state index in [9.17, 15) is 8.42 Å². The number of hydrogen-bond acceptors (Lipinski definition) is 4. The molecule has 0 aromatic heterocycles. The number of anilines is 1. The second-order valence-corrected chi connectivity index (χ2v) is 7.31. The first-order valence-corrected chi connectivity index (χ1v) is 9.01. The maximum atomic E-state index is 12.2. The molecule has 0 unspecified atom stereocenters. The second kappa shape index (κ2) is 7.10. The number of sulfonamides is 1. The SMILES string of the molecule is COc1cc(OC)cc(N(Cc2ccc(Cl)cc2)S(C)(=O)=O)c1. The van der Waals surface area contributed by atoms with Gasteiger partial charge < -0.3 is 9.47 Å². The van der Waals surface area contributed by atoms with Crippen molar-refractivity contribution in [2.75, 3.05) is 24.8 Å². The van der Waals surface area contributed by atoms with Crippen molar-refractivity contribution in [3.8, 4) is 11.5 Å². The lowest BCUT2D eigenvalue weighted by Crippen LogP contribution is -2.29. The van der Waals surface area contributed by atoms with Crippen LogP contribution in [0.15, 0.2) is 42.5 Å². The fourth-order valence-corrected chi connectivity index (χ4v) is 3.09. The monoisotopic (exact) mass is 355 g/mol. The summed E-state index contributed by atoms with van der Waals surface area (Å²) in [6, 6.07) is 12.0. The summed E-state index contributed by atoms with van der Waals surface area (Å²) in [5, 5.41) is 0.600. The van der Waals surface area contributed by atoms with Gasteiger partial charge in [0.15, 0.2) is 0 Å². The predicted octanol–water partition coefficient (Wildman–Crippen LogP) is 3.32. The van der Waals surface area contributed by atoms with Crippen molar-refractivity contribution in [1.82, 2.24) is 0 Å². The van der Waals surface area contributed by atoms with Crippen molar-refractivity contribution in [3.05, 3.63) is 53.1 Å². The molecule has 0 atom stereocenters. The van der Waals surface area contributed by atoms with Crippen LogP contribution < -0.4 is 13.8 Å². The number of nitrogens with zero attached hydrogens (tertiary/aromatic N) is 1. The lowest BCUT2D eigenvalue weighted by atomic mass is 10.2. The highest BCUT2D eigenvalue weighted by Crippen LogP contribution is 2.30. The Morgan fingerprint density at radius 2 is 1.52 bits per heavy atom. The van der Waals surface area contributed by atoms with Crippen LogP contribution >= 0.6 is 11.6 Å². The predicted molar refractivity (Wildman–Crippen MR) is 92.0 cm³/mol. The first-order chi connectivity index (χ1) is 10.8. The summed E-state index contributed by atoms with van der Waals surface area (Å²) in [4.78, 5) is 0. The molecule has 0 saturated heterocycles. The number of hydrogen-bond donors (Lipinski definition) is 0. The largest absolute Gasteiger partial charge is 0.497 e. The smallest absolute Gasteiger partial charge is 0.232 e. The molecular weight excluding hydrogens is 338 g/mol. The normalized spacial score (nSPS) is 11.1. The van der Waals surface area contributed by atoms with Gasteiger partial charge in [-0.2, -0.15) is 0 Å². The molecule has 2 aromatic carbocycles. The van der Waals surface area contributed by atoms with Gasteiger partial charge in [-0.1, -0.05) is 23.7 Å². The molecule has 0 radical (unpaired) electrons. The molecular formula is C16H18ClNO4S. The quantitative estimate of drug-likeness (QED) is 0.797. The Kier molecular flexibility index (Phi) is 5.38. The van der Waals surface area contributed by atoms with Crippen LogP contribution in [-0.4, -0.2) is 28.9 Å². The Labute approximate surface area is 141 Å². The highest BCUT2D eigenvalue weighted by atomic mass is 35.5. The van der Waals surface area contributed by atoms with E-state index >= 15 is 0 Å². The van der Waals surface area contributed by atoms with E-state index in [0.717, 1.165) is 11.8 Å². The van der Waals surface area contributed by atoms with Crippen LogP contribution in [0.1, 0.15) is 5.56 Å². The van der Waals surface area contributed by atoms with E-state index in [2.05, 4.69) is 0 Å². The van der Waals surface area contributed by atoms with Gasteiger partial charge in [0, 0.05) is 23.2 Å². The molecule has 0 spiro atoms. The fraction of sp³-hybridized carbons (Fsp3) is 0.250. The number of rotatable bonds is 6. The van der Waals surface area contributed by atoms with Crippen molar-refractivity contribution in [2.45, 2.75) is 6.54 Å². The third kappa shape index (κ3) is 4.53. The van der Waals surface area contributed by atoms with Gasteiger partial charge >= 0.3 is 0 Å². The fourth-order valence-electron chi connectivity index (χ4n) is 2.09. The molecule has 0 N–H and O–H groups in total. The minimum Gasteiger partial charge on any atom is -0.497 e. The van der Waals surface area contributed by atoms with Gasteiger partial charge in [-0.15, -0.1) is 0 Å². The molecule has 2 aromatic rings. The van der Waals surface area contributed by atoms with Gasteiger partial charge in [-0.05, 0) is 17.7 Å². The molecule has 0 bridgehead atoms. The van der Waals surface area contributed by atoms with Crippen LogP contribution in [0.2, 0.25) is 5.02 Å². The van der Waals surface area contributed by atoms with Crippen LogP contribution in [-0.2, 0) is 16.6 Å². The van der Waals surface area contributed by atoms with Crippen LogP contribution in [0.4, 0.5) is 5.69 Å². The summed E-state index contributed by atoms with van der Waals surface area (Å²) in [7, 11) is -0.454. The van der Waals surface area contributed by atoms with Gasteiger partial charge in [0.25, 0.3) is 0 Å². The molecule has 2 rings (SSSR count). The van der Waals surface area contributed by atoms with Crippen LogP contribution in [0, 0.1) is 0 Å². The standard InChI is InChI=1S/C16H18ClNO4S/c1-21-15-8-14(9-16(10-15)22-2)18(23(3,19)20)11-12-4-6-13(17)7-5-12/h4-10H,11H2,1-3H3. The molecule has 0 saturated carbocycles. The minimum absolute atomic E-state index is 0.187. The average molecular weight is 356 g/mol. The van der Waals surface area contributed by atoms with E-state index in [1.165, 1.54) is 18.5 Å². The summed E-state index contributed by atoms with van der Waals surface area (Å²) in [6.45, 7) is 0.187. The van der Waals surface area contributed by atoms with E-state index in [4.69, 9.17) is 21.1 Å². The van der Waals surface area contributed by atoms with Gasteiger partial charge in [0.2, 0.25) is 10.0 Å². The minimum atomic E-state index is -3.49. The van der Waals surface area contributed by atoms with Crippen LogP contribution in [0.25, 0.3) is 0 Å². The summed E-state index contributed by atoms with van der Waals surface area (Å²) in [5.41, 5.74) is 1.29. The zero-order valence-electron chi connectivity index (χ0n) is 13.1. The summed E-state index contributed by atoms with van der Waals surface area (Å²) >= 11 is 5.87. The zero-order chi connectivity index (χ0) is 17.0. The molecule has 0 amide bonds. The Bertz CT molecular complexity index is 753. The van der Waals surface area contributed by atoms with E-state index < -0.39 is 10.0 Å². The molecule has 0 fully saturated rings. The Hall–Kier alpha value is -1.92. The maximum Gasteiger partial charge on any atom is 0.232 e. The Morgan fingerprint density at radius 3 is 1.96 bits per heavy atom. The van der Waals surface area contributed by atoms with Gasteiger partial charge in [-0.3, -0.25) is 4.31 Å². The highest BCUT2D eigenvalue weighted by Gasteiger charge is 2.19. The molecule has 0 aliphatic heterocycles. The highest BCUT2D eigenvalue weighted by molar-refractivity contribution is 7.92. The van der Waals surface area contributed by atoms with Crippen molar-refractivity contribution in [1.29, 1.82) is 0 Å². The van der Waals surface area contributed by atoms with E-state index in [-0.39, 0.29) is 6.54 Å². The van der Waals surface area contributed by atoms with Crippen molar-refractivity contribution in [2.24, 2.45) is 0 Å². The van der Waals surface area contributed by atoms with Crippen LogP contribution in [0.3, 0.4) is 0 Å². The second-order valence-electron chi connectivity index (χ2n) is 4.97.